The van der Waals surface area contributed by atoms with Crippen molar-refractivity contribution in [2.24, 2.45) is 5.92 Å². The number of aryl methyl sites for hydroxylation is 1. The van der Waals surface area contributed by atoms with Crippen LogP contribution in [-0.4, -0.2) is 41.9 Å². The van der Waals surface area contributed by atoms with E-state index in [0.717, 1.165) is 11.1 Å². The molecule has 1 aliphatic heterocycles. The summed E-state index contributed by atoms with van der Waals surface area (Å²) < 4.78 is 5.39. The van der Waals surface area contributed by atoms with Crippen LogP contribution in [0.2, 0.25) is 0 Å². The summed E-state index contributed by atoms with van der Waals surface area (Å²) in [5.41, 5.74) is 2.66. The second-order valence-corrected chi connectivity index (χ2v) is 7.78. The third-order valence-electron chi connectivity index (χ3n) is 5.31. The summed E-state index contributed by atoms with van der Waals surface area (Å²) in [6.45, 7) is 4.48. The van der Waals surface area contributed by atoms with Gasteiger partial charge in [0, 0.05) is 24.9 Å². The second-order valence-electron chi connectivity index (χ2n) is 7.78. The monoisotopic (exact) mass is 420 g/mol. The maximum atomic E-state index is 12.5. The van der Waals surface area contributed by atoms with E-state index in [2.05, 4.69) is 5.32 Å². The van der Waals surface area contributed by atoms with Gasteiger partial charge in [0.2, 0.25) is 5.91 Å². The van der Waals surface area contributed by atoms with Gasteiger partial charge in [0.05, 0.1) is 5.92 Å². The molecule has 0 radical (unpaired) electrons. The average molecular weight is 421 g/mol. The highest BCUT2D eigenvalue weighted by Crippen LogP contribution is 2.20. The van der Waals surface area contributed by atoms with Crippen molar-refractivity contribution >= 4 is 29.5 Å². The molecule has 1 N–H and O–H groups in total. The SMILES string of the molecule is Cc1cccc(NC(=O)C(C)OC(=O)C2CCN(C(=O)/C=C/c3ccccc3)CC2)c1. The predicted molar refractivity (Wildman–Crippen MR) is 120 cm³/mol. The van der Waals surface area contributed by atoms with Gasteiger partial charge < -0.3 is 15.0 Å². The number of rotatable bonds is 6. The van der Waals surface area contributed by atoms with Crippen molar-refractivity contribution in [2.75, 3.05) is 18.4 Å². The lowest BCUT2D eigenvalue weighted by molar-refractivity contribution is -0.159. The van der Waals surface area contributed by atoms with E-state index in [-0.39, 0.29) is 23.7 Å². The Morgan fingerprint density at radius 1 is 1.06 bits per heavy atom. The average Bonchev–Trinajstić information content (AvgIpc) is 2.78. The molecular formula is C25H28N2O4. The topological polar surface area (TPSA) is 75.7 Å². The van der Waals surface area contributed by atoms with Gasteiger partial charge in [0.1, 0.15) is 0 Å². The number of nitrogens with one attached hydrogen (secondary N) is 1. The Balaban J connectivity index is 1.44. The molecule has 0 spiro atoms. The molecule has 6 heteroatoms. The number of piperidine rings is 1. The molecule has 0 aliphatic carbocycles. The summed E-state index contributed by atoms with van der Waals surface area (Å²) in [7, 11) is 0. The summed E-state index contributed by atoms with van der Waals surface area (Å²) >= 11 is 0. The number of nitrogens with zero attached hydrogens (tertiary/aromatic N) is 1. The molecule has 0 saturated carbocycles. The van der Waals surface area contributed by atoms with Gasteiger partial charge in [-0.15, -0.1) is 0 Å². The molecule has 2 amide bonds. The molecule has 2 aromatic rings. The first-order valence-electron chi connectivity index (χ1n) is 10.5. The molecule has 2 aromatic carbocycles. The lowest BCUT2D eigenvalue weighted by atomic mass is 9.97. The second kappa shape index (κ2) is 10.6. The Labute approximate surface area is 182 Å². The van der Waals surface area contributed by atoms with Gasteiger partial charge in [-0.2, -0.15) is 0 Å². The molecule has 0 aromatic heterocycles. The molecule has 162 valence electrons. The molecule has 1 aliphatic rings. The van der Waals surface area contributed by atoms with Crippen LogP contribution in [0.25, 0.3) is 6.08 Å². The molecule has 0 bridgehead atoms. The summed E-state index contributed by atoms with van der Waals surface area (Å²) in [6.07, 6.45) is 3.51. The number of esters is 1. The van der Waals surface area contributed by atoms with E-state index in [1.165, 1.54) is 0 Å². The van der Waals surface area contributed by atoms with Gasteiger partial charge in [0.25, 0.3) is 5.91 Å². The van der Waals surface area contributed by atoms with E-state index in [1.807, 2.05) is 55.5 Å². The molecule has 3 rings (SSSR count). The van der Waals surface area contributed by atoms with Gasteiger partial charge in [-0.1, -0.05) is 42.5 Å². The van der Waals surface area contributed by atoms with Crippen molar-refractivity contribution in [3.05, 3.63) is 71.8 Å². The first-order valence-corrected chi connectivity index (χ1v) is 10.5. The fourth-order valence-corrected chi connectivity index (χ4v) is 3.46. The zero-order chi connectivity index (χ0) is 22.2. The van der Waals surface area contributed by atoms with Crippen LogP contribution in [0, 0.1) is 12.8 Å². The highest BCUT2D eigenvalue weighted by molar-refractivity contribution is 5.95. The van der Waals surface area contributed by atoms with E-state index in [9.17, 15) is 14.4 Å². The van der Waals surface area contributed by atoms with Crippen LogP contribution in [0.5, 0.6) is 0 Å². The quantitative estimate of drug-likeness (QED) is 0.569. The van der Waals surface area contributed by atoms with E-state index in [0.29, 0.717) is 31.6 Å². The fraction of sp³-hybridized carbons (Fsp3) is 0.320. The zero-order valence-corrected chi connectivity index (χ0v) is 17.9. The third kappa shape index (κ3) is 6.54. The summed E-state index contributed by atoms with van der Waals surface area (Å²) in [4.78, 5) is 38.9. The molecule has 1 fully saturated rings. The Morgan fingerprint density at radius 3 is 2.45 bits per heavy atom. The summed E-state index contributed by atoms with van der Waals surface area (Å²) in [5.74, 6) is -1.13. The summed E-state index contributed by atoms with van der Waals surface area (Å²) in [5, 5.41) is 2.76. The minimum Gasteiger partial charge on any atom is -0.452 e. The molecule has 6 nitrogen and oxygen atoms in total. The number of ether oxygens (including phenoxy) is 1. The van der Waals surface area contributed by atoms with Crippen LogP contribution in [0.4, 0.5) is 5.69 Å². The molecular weight excluding hydrogens is 392 g/mol. The number of amides is 2. The Morgan fingerprint density at radius 2 is 1.77 bits per heavy atom. The lowest BCUT2D eigenvalue weighted by Gasteiger charge is -2.30. The van der Waals surface area contributed by atoms with Crippen LogP contribution in [0.15, 0.2) is 60.7 Å². The minimum absolute atomic E-state index is 0.0680. The van der Waals surface area contributed by atoms with Crippen LogP contribution < -0.4 is 5.32 Å². The maximum Gasteiger partial charge on any atom is 0.309 e. The zero-order valence-electron chi connectivity index (χ0n) is 17.9. The largest absolute Gasteiger partial charge is 0.452 e. The normalized spacial score (nSPS) is 15.5. The van der Waals surface area contributed by atoms with Crippen molar-refractivity contribution in [1.82, 2.24) is 4.90 Å². The van der Waals surface area contributed by atoms with Gasteiger partial charge in [0.15, 0.2) is 6.10 Å². The fourth-order valence-electron chi connectivity index (χ4n) is 3.46. The number of carbonyl (C=O) groups excluding carboxylic acids is 3. The van der Waals surface area contributed by atoms with Crippen LogP contribution in [0.1, 0.15) is 30.9 Å². The van der Waals surface area contributed by atoms with E-state index in [4.69, 9.17) is 4.74 Å². The van der Waals surface area contributed by atoms with Crippen molar-refractivity contribution < 1.29 is 19.1 Å². The summed E-state index contributed by atoms with van der Waals surface area (Å²) in [6, 6.07) is 17.1. The Hall–Kier alpha value is -3.41. The van der Waals surface area contributed by atoms with E-state index in [1.54, 1.807) is 30.0 Å². The minimum atomic E-state index is -0.888. The van der Waals surface area contributed by atoms with Crippen molar-refractivity contribution in [2.45, 2.75) is 32.8 Å². The highest BCUT2D eigenvalue weighted by atomic mass is 16.5. The van der Waals surface area contributed by atoms with Crippen molar-refractivity contribution in [3.63, 3.8) is 0 Å². The first kappa shape index (κ1) is 22.3. The first-order chi connectivity index (χ1) is 14.9. The van der Waals surface area contributed by atoms with Crippen molar-refractivity contribution in [3.8, 4) is 0 Å². The molecule has 1 saturated heterocycles. The number of anilines is 1. The number of benzene rings is 2. The number of hydrogen-bond acceptors (Lipinski definition) is 4. The van der Waals surface area contributed by atoms with Gasteiger partial charge >= 0.3 is 5.97 Å². The molecule has 1 unspecified atom stereocenters. The number of likely N-dealkylation sites (tertiary alicyclic amines) is 1. The maximum absolute atomic E-state index is 12.5. The van der Waals surface area contributed by atoms with Gasteiger partial charge in [-0.25, -0.2) is 0 Å². The van der Waals surface area contributed by atoms with Crippen LogP contribution >= 0.6 is 0 Å². The molecule has 31 heavy (non-hydrogen) atoms. The Bertz CT molecular complexity index is 947. The van der Waals surface area contributed by atoms with Crippen LogP contribution in [0.3, 0.4) is 0 Å². The predicted octanol–water partition coefficient (Wildman–Crippen LogP) is 3.82. The van der Waals surface area contributed by atoms with E-state index >= 15 is 0 Å². The standard InChI is InChI=1S/C25H28N2O4/c1-18-7-6-10-22(17-18)26-24(29)19(2)31-25(30)21-13-15-27(16-14-21)23(28)12-11-20-8-4-3-5-9-20/h3-12,17,19,21H,13-16H2,1-2H3,(H,26,29)/b12-11+. The van der Waals surface area contributed by atoms with Gasteiger partial charge in [-0.05, 0) is 56.0 Å². The van der Waals surface area contributed by atoms with E-state index < -0.39 is 6.10 Å². The highest BCUT2D eigenvalue weighted by Gasteiger charge is 2.30. The number of hydrogen-bond donors (Lipinski definition) is 1. The lowest BCUT2D eigenvalue weighted by Crippen LogP contribution is -2.41. The Kier molecular flexibility index (Phi) is 7.60. The smallest absolute Gasteiger partial charge is 0.309 e. The third-order valence-corrected chi connectivity index (χ3v) is 5.31. The van der Waals surface area contributed by atoms with Gasteiger partial charge in [-0.3, -0.25) is 14.4 Å². The van der Waals surface area contributed by atoms with Crippen molar-refractivity contribution in [1.29, 1.82) is 0 Å². The molecule has 1 heterocycles. The molecule has 1 atom stereocenters. The van der Waals surface area contributed by atoms with Crippen LogP contribution in [-0.2, 0) is 19.1 Å². The number of carbonyl (C=O) groups is 3.